The molecule has 0 amide bonds. The molecule has 2 unspecified atom stereocenters. The van der Waals surface area contributed by atoms with Gasteiger partial charge in [0.05, 0.1) is 7.11 Å². The SMILES string of the molecule is COc1cc2c3c4c1Oc1cc5c(cc1O4)C(Cc1ccc(O)c(c1)Oc1ccc(cc1)CC3N(C)CC2)NCC5. The van der Waals surface area contributed by atoms with E-state index in [9.17, 15) is 5.11 Å². The van der Waals surface area contributed by atoms with Crippen molar-refractivity contribution in [3.8, 4) is 46.0 Å². The average molecular weight is 549 g/mol. The van der Waals surface area contributed by atoms with Gasteiger partial charge in [0, 0.05) is 24.2 Å². The lowest BCUT2D eigenvalue weighted by atomic mass is 9.87. The van der Waals surface area contributed by atoms with Gasteiger partial charge in [0.15, 0.2) is 34.5 Å². The van der Waals surface area contributed by atoms with Gasteiger partial charge in [0.25, 0.3) is 0 Å². The second-order valence-corrected chi connectivity index (χ2v) is 11.5. The van der Waals surface area contributed by atoms with Gasteiger partial charge in [-0.1, -0.05) is 18.2 Å². The van der Waals surface area contributed by atoms with E-state index in [0.29, 0.717) is 23.0 Å². The molecule has 0 saturated heterocycles. The zero-order valence-corrected chi connectivity index (χ0v) is 23.2. The largest absolute Gasteiger partial charge is 0.504 e. The Kier molecular flexibility index (Phi) is 5.66. The molecule has 4 aromatic rings. The first-order valence-electron chi connectivity index (χ1n) is 14.3. The monoisotopic (exact) mass is 548 g/mol. The number of hydrogen-bond donors (Lipinski definition) is 2. The molecule has 0 fully saturated rings. The average Bonchev–Trinajstić information content (AvgIpc) is 2.98. The van der Waals surface area contributed by atoms with Crippen LogP contribution in [0.1, 0.15) is 45.5 Å². The van der Waals surface area contributed by atoms with Gasteiger partial charge < -0.3 is 29.4 Å². The molecular weight excluding hydrogens is 516 g/mol. The summed E-state index contributed by atoms with van der Waals surface area (Å²) < 4.78 is 25.5. The Bertz CT molecular complexity index is 1680. The molecule has 5 aliphatic rings. The number of phenolic OH excluding ortho intramolecular Hbond substituents is 1. The summed E-state index contributed by atoms with van der Waals surface area (Å²) in [6.07, 6.45) is 3.36. The number of ether oxygens (including phenoxy) is 4. The molecule has 0 spiro atoms. The van der Waals surface area contributed by atoms with Crippen molar-refractivity contribution in [3.05, 3.63) is 94.0 Å². The Labute approximate surface area is 239 Å². The highest BCUT2D eigenvalue weighted by Gasteiger charge is 2.36. The van der Waals surface area contributed by atoms with E-state index in [-0.39, 0.29) is 17.8 Å². The van der Waals surface area contributed by atoms with E-state index in [1.54, 1.807) is 13.2 Å². The fourth-order valence-electron chi connectivity index (χ4n) is 6.79. The summed E-state index contributed by atoms with van der Waals surface area (Å²) in [5.74, 6) is 4.85. The summed E-state index contributed by atoms with van der Waals surface area (Å²) >= 11 is 0. The molecule has 5 aliphatic heterocycles. The van der Waals surface area contributed by atoms with Gasteiger partial charge in [-0.3, -0.25) is 4.90 Å². The summed E-state index contributed by atoms with van der Waals surface area (Å²) in [6, 6.07) is 20.4. The minimum Gasteiger partial charge on any atom is -0.504 e. The van der Waals surface area contributed by atoms with Crippen LogP contribution in [0.5, 0.6) is 46.0 Å². The van der Waals surface area contributed by atoms with Crippen LogP contribution in [0.3, 0.4) is 0 Å². The van der Waals surface area contributed by atoms with Crippen LogP contribution >= 0.6 is 0 Å². The second kappa shape index (κ2) is 9.43. The van der Waals surface area contributed by atoms with E-state index < -0.39 is 0 Å². The number of nitrogens with one attached hydrogen (secondary N) is 1. The second-order valence-electron chi connectivity index (χ2n) is 11.5. The van der Waals surface area contributed by atoms with Gasteiger partial charge >= 0.3 is 0 Å². The first kappa shape index (κ1) is 24.6. The van der Waals surface area contributed by atoms with Crippen molar-refractivity contribution in [2.75, 3.05) is 27.2 Å². The molecule has 7 bridgehead atoms. The molecule has 0 radical (unpaired) electrons. The summed E-state index contributed by atoms with van der Waals surface area (Å²) in [5.41, 5.74) is 7.11. The van der Waals surface area contributed by atoms with Crippen molar-refractivity contribution in [1.82, 2.24) is 10.2 Å². The molecule has 7 heteroatoms. The molecule has 0 aliphatic carbocycles. The number of methoxy groups -OCH3 is 1. The third-order valence-electron chi connectivity index (χ3n) is 8.98. The lowest BCUT2D eigenvalue weighted by molar-refractivity contribution is 0.220. The number of nitrogens with zero attached hydrogens (tertiary/aromatic N) is 1. The van der Waals surface area contributed by atoms with Gasteiger partial charge in [-0.25, -0.2) is 0 Å². The highest BCUT2D eigenvalue weighted by molar-refractivity contribution is 5.67. The fourth-order valence-corrected chi connectivity index (χ4v) is 6.79. The highest BCUT2D eigenvalue weighted by Crippen LogP contribution is 2.56. The van der Waals surface area contributed by atoms with Crippen molar-refractivity contribution >= 4 is 0 Å². The number of likely N-dealkylation sites (N-methyl/N-ethyl adjacent to an activating group) is 1. The molecule has 41 heavy (non-hydrogen) atoms. The van der Waals surface area contributed by atoms with Crippen molar-refractivity contribution in [2.45, 2.75) is 37.8 Å². The van der Waals surface area contributed by atoms with E-state index in [2.05, 4.69) is 47.6 Å². The third-order valence-corrected chi connectivity index (χ3v) is 8.98. The third kappa shape index (κ3) is 4.11. The topological polar surface area (TPSA) is 72.4 Å². The summed E-state index contributed by atoms with van der Waals surface area (Å²) in [5, 5.41) is 14.3. The van der Waals surface area contributed by atoms with Crippen molar-refractivity contribution < 1.29 is 24.1 Å². The molecule has 5 heterocycles. The molecule has 0 aromatic heterocycles. The first-order valence-corrected chi connectivity index (χ1v) is 14.3. The number of rotatable bonds is 1. The number of hydrogen-bond acceptors (Lipinski definition) is 7. The number of aromatic hydroxyl groups is 1. The first-order chi connectivity index (χ1) is 20.0. The molecule has 2 N–H and O–H groups in total. The Balaban J connectivity index is 1.32. The highest BCUT2D eigenvalue weighted by atomic mass is 16.6. The summed E-state index contributed by atoms with van der Waals surface area (Å²) in [7, 11) is 3.87. The van der Waals surface area contributed by atoms with Gasteiger partial charge in [-0.15, -0.1) is 0 Å². The zero-order chi connectivity index (χ0) is 27.7. The summed E-state index contributed by atoms with van der Waals surface area (Å²) in [6.45, 7) is 1.81. The van der Waals surface area contributed by atoms with Gasteiger partial charge in [-0.2, -0.15) is 0 Å². The van der Waals surface area contributed by atoms with Crippen molar-refractivity contribution in [3.63, 3.8) is 0 Å². The van der Waals surface area contributed by atoms with Crippen LogP contribution in [0.2, 0.25) is 0 Å². The maximum Gasteiger partial charge on any atom is 0.212 e. The van der Waals surface area contributed by atoms with E-state index in [1.165, 1.54) is 22.3 Å². The normalized spacial score (nSPS) is 20.3. The van der Waals surface area contributed by atoms with Crippen LogP contribution in [-0.2, 0) is 25.7 Å². The summed E-state index contributed by atoms with van der Waals surface area (Å²) in [4.78, 5) is 2.40. The van der Waals surface area contributed by atoms with Crippen molar-refractivity contribution in [1.29, 1.82) is 0 Å². The molecule has 208 valence electrons. The van der Waals surface area contributed by atoms with E-state index >= 15 is 0 Å². The number of fused-ring (bicyclic) bond motifs is 2. The van der Waals surface area contributed by atoms with Crippen LogP contribution in [0.4, 0.5) is 0 Å². The van der Waals surface area contributed by atoms with Crippen LogP contribution in [0, 0.1) is 0 Å². The fraction of sp³-hybridized carbons (Fsp3) is 0.294. The minimum atomic E-state index is 0.0858. The van der Waals surface area contributed by atoms with Crippen LogP contribution in [-0.4, -0.2) is 37.3 Å². The van der Waals surface area contributed by atoms with E-state index in [4.69, 9.17) is 18.9 Å². The molecular formula is C34H32N2O5. The molecule has 7 nitrogen and oxygen atoms in total. The number of phenols is 1. The smallest absolute Gasteiger partial charge is 0.212 e. The molecule has 4 aromatic carbocycles. The molecule has 0 saturated carbocycles. The lowest BCUT2D eigenvalue weighted by Crippen LogP contribution is -2.34. The zero-order valence-electron chi connectivity index (χ0n) is 23.2. The Morgan fingerprint density at radius 2 is 1.63 bits per heavy atom. The Hall–Kier alpha value is -4.20. The molecule has 2 atom stereocenters. The van der Waals surface area contributed by atoms with Gasteiger partial charge in [0.2, 0.25) is 5.75 Å². The predicted molar refractivity (Wildman–Crippen MR) is 155 cm³/mol. The lowest BCUT2D eigenvalue weighted by Gasteiger charge is -2.38. The van der Waals surface area contributed by atoms with Gasteiger partial charge in [-0.05, 0) is 110 Å². The Morgan fingerprint density at radius 3 is 2.49 bits per heavy atom. The maximum atomic E-state index is 10.6. The predicted octanol–water partition coefficient (Wildman–Crippen LogP) is 6.61. The Morgan fingerprint density at radius 1 is 0.829 bits per heavy atom. The minimum absolute atomic E-state index is 0.0858. The van der Waals surface area contributed by atoms with E-state index in [0.717, 1.165) is 67.1 Å². The van der Waals surface area contributed by atoms with Gasteiger partial charge in [0.1, 0.15) is 5.75 Å². The maximum absolute atomic E-state index is 10.6. The van der Waals surface area contributed by atoms with E-state index in [1.807, 2.05) is 24.3 Å². The quantitative estimate of drug-likeness (QED) is 0.244. The van der Waals surface area contributed by atoms with Crippen LogP contribution in [0.15, 0.2) is 60.7 Å². The number of benzene rings is 4. The standard InChI is InChI=1S/C34H32N2O5/c1-36-12-10-22-17-31(38-2)33-34-32(22)26(36)14-19-3-6-23(7-4-19)39-28-15-20(5-8-27(28)37)13-25-24-18-30(41-34)29(40-33)16-21(24)9-11-35-25/h3-8,15-18,25-26,35,37H,9-14H2,1-2H3. The van der Waals surface area contributed by atoms with Crippen LogP contribution < -0.4 is 24.3 Å². The van der Waals surface area contributed by atoms with Crippen LogP contribution in [0.25, 0.3) is 0 Å². The van der Waals surface area contributed by atoms with Crippen molar-refractivity contribution in [2.24, 2.45) is 0 Å². The molecule has 9 rings (SSSR count).